The third kappa shape index (κ3) is 4.98. The summed E-state index contributed by atoms with van der Waals surface area (Å²) in [6.45, 7) is 0. The molecule has 0 saturated heterocycles. The maximum Gasteiger partial charge on any atom is 0.229 e. The van der Waals surface area contributed by atoms with Crippen LogP contribution in [-0.2, 0) is 17.0 Å². The number of rotatable bonds is 6. The first-order valence-corrected chi connectivity index (χ1v) is 9.25. The highest BCUT2D eigenvalue weighted by atomic mass is 32.2. The van der Waals surface area contributed by atoms with E-state index >= 15 is 0 Å². The SMILES string of the molecule is O=C(Cc1cccs1)Nc1ccc(CSc2ccccc2)cc1. The van der Waals surface area contributed by atoms with Crippen molar-refractivity contribution < 1.29 is 4.79 Å². The zero-order valence-electron chi connectivity index (χ0n) is 12.6. The van der Waals surface area contributed by atoms with Gasteiger partial charge in [-0.3, -0.25) is 4.79 Å². The number of hydrogen-bond acceptors (Lipinski definition) is 3. The fraction of sp³-hybridized carbons (Fsp3) is 0.105. The molecule has 116 valence electrons. The zero-order chi connectivity index (χ0) is 15.9. The van der Waals surface area contributed by atoms with E-state index in [9.17, 15) is 4.79 Å². The van der Waals surface area contributed by atoms with Gasteiger partial charge in [-0.25, -0.2) is 0 Å². The van der Waals surface area contributed by atoms with Crippen LogP contribution in [0.15, 0.2) is 77.0 Å². The third-order valence-electron chi connectivity index (χ3n) is 3.30. The van der Waals surface area contributed by atoms with Gasteiger partial charge in [0.05, 0.1) is 6.42 Å². The van der Waals surface area contributed by atoms with Crippen molar-refractivity contribution in [2.24, 2.45) is 0 Å². The Morgan fingerprint density at radius 2 is 1.74 bits per heavy atom. The van der Waals surface area contributed by atoms with Gasteiger partial charge in [-0.1, -0.05) is 36.4 Å². The summed E-state index contributed by atoms with van der Waals surface area (Å²) in [6.07, 6.45) is 0.434. The lowest BCUT2D eigenvalue weighted by Crippen LogP contribution is -2.13. The molecule has 1 N–H and O–H groups in total. The standard InChI is InChI=1S/C19H17NOS2/c21-19(13-18-7-4-12-22-18)20-16-10-8-15(9-11-16)14-23-17-5-2-1-3-6-17/h1-12H,13-14H2,(H,20,21). The summed E-state index contributed by atoms with van der Waals surface area (Å²) in [5, 5.41) is 4.93. The van der Waals surface area contributed by atoms with E-state index in [1.165, 1.54) is 10.5 Å². The maximum absolute atomic E-state index is 12.0. The summed E-state index contributed by atoms with van der Waals surface area (Å²) in [5.74, 6) is 0.951. The minimum Gasteiger partial charge on any atom is -0.326 e. The van der Waals surface area contributed by atoms with E-state index < -0.39 is 0 Å². The average molecular weight is 339 g/mol. The lowest BCUT2D eigenvalue weighted by molar-refractivity contribution is -0.115. The Balaban J connectivity index is 1.51. The van der Waals surface area contributed by atoms with Gasteiger partial charge >= 0.3 is 0 Å². The molecule has 0 atom stereocenters. The molecule has 3 rings (SSSR count). The van der Waals surface area contributed by atoms with Crippen LogP contribution in [0.25, 0.3) is 0 Å². The van der Waals surface area contributed by atoms with Crippen LogP contribution >= 0.6 is 23.1 Å². The van der Waals surface area contributed by atoms with Crippen molar-refractivity contribution in [3.8, 4) is 0 Å². The van der Waals surface area contributed by atoms with Crippen LogP contribution in [0, 0.1) is 0 Å². The monoisotopic (exact) mass is 339 g/mol. The summed E-state index contributed by atoms with van der Waals surface area (Å²) in [6, 6.07) is 22.4. The number of amides is 1. The smallest absolute Gasteiger partial charge is 0.229 e. The number of hydrogen-bond donors (Lipinski definition) is 1. The Labute approximate surface area is 144 Å². The molecule has 0 saturated carbocycles. The van der Waals surface area contributed by atoms with Gasteiger partial charge in [0.15, 0.2) is 0 Å². The second-order valence-electron chi connectivity index (χ2n) is 5.10. The van der Waals surface area contributed by atoms with E-state index in [2.05, 4.69) is 41.7 Å². The third-order valence-corrected chi connectivity index (χ3v) is 5.26. The predicted molar refractivity (Wildman–Crippen MR) is 99.1 cm³/mol. The van der Waals surface area contributed by atoms with Gasteiger partial charge < -0.3 is 5.32 Å². The highest BCUT2D eigenvalue weighted by Crippen LogP contribution is 2.23. The van der Waals surface area contributed by atoms with Gasteiger partial charge in [0.1, 0.15) is 0 Å². The largest absolute Gasteiger partial charge is 0.326 e. The van der Waals surface area contributed by atoms with Crippen LogP contribution in [0.4, 0.5) is 5.69 Å². The molecule has 2 nitrogen and oxygen atoms in total. The van der Waals surface area contributed by atoms with Crippen LogP contribution in [0.2, 0.25) is 0 Å². The molecule has 0 aliphatic carbocycles. The van der Waals surface area contributed by atoms with E-state index in [-0.39, 0.29) is 5.91 Å². The van der Waals surface area contributed by atoms with E-state index in [0.29, 0.717) is 6.42 Å². The molecule has 1 heterocycles. The van der Waals surface area contributed by atoms with E-state index in [4.69, 9.17) is 0 Å². The second kappa shape index (κ2) is 7.99. The lowest BCUT2D eigenvalue weighted by Gasteiger charge is -2.06. The molecule has 0 aliphatic heterocycles. The molecule has 1 amide bonds. The highest BCUT2D eigenvalue weighted by molar-refractivity contribution is 7.98. The molecule has 0 fully saturated rings. The second-order valence-corrected chi connectivity index (χ2v) is 7.18. The number of carbonyl (C=O) groups excluding carboxylic acids is 1. The number of carbonyl (C=O) groups is 1. The van der Waals surface area contributed by atoms with Crippen molar-refractivity contribution in [3.05, 3.63) is 82.6 Å². The fourth-order valence-electron chi connectivity index (χ4n) is 2.14. The number of thiophene rings is 1. The van der Waals surface area contributed by atoms with Crippen LogP contribution in [-0.4, -0.2) is 5.91 Å². The minimum absolute atomic E-state index is 0.0267. The molecule has 1 aromatic heterocycles. The van der Waals surface area contributed by atoms with E-state index in [1.54, 1.807) is 11.3 Å². The van der Waals surface area contributed by atoms with Crippen molar-refractivity contribution in [3.63, 3.8) is 0 Å². The number of benzene rings is 2. The van der Waals surface area contributed by atoms with Crippen molar-refractivity contribution in [2.75, 3.05) is 5.32 Å². The Bertz CT molecular complexity index is 737. The fourth-order valence-corrected chi connectivity index (χ4v) is 3.72. The summed E-state index contributed by atoms with van der Waals surface area (Å²) in [7, 11) is 0. The Morgan fingerprint density at radius 3 is 2.43 bits per heavy atom. The van der Waals surface area contributed by atoms with Crippen LogP contribution < -0.4 is 5.32 Å². The molecular formula is C19H17NOS2. The first-order chi connectivity index (χ1) is 11.3. The Kier molecular flexibility index (Phi) is 5.51. The van der Waals surface area contributed by atoms with Gasteiger partial charge in [-0.15, -0.1) is 23.1 Å². The molecule has 0 aliphatic rings. The van der Waals surface area contributed by atoms with Gasteiger partial charge in [0, 0.05) is 21.2 Å². The first-order valence-electron chi connectivity index (χ1n) is 7.38. The maximum atomic E-state index is 12.0. The topological polar surface area (TPSA) is 29.1 Å². The van der Waals surface area contributed by atoms with Crippen molar-refractivity contribution in [1.82, 2.24) is 0 Å². The Hall–Kier alpha value is -2.04. The van der Waals surface area contributed by atoms with Crippen molar-refractivity contribution in [2.45, 2.75) is 17.1 Å². The molecule has 3 aromatic rings. The quantitative estimate of drug-likeness (QED) is 0.624. The molecule has 0 unspecified atom stereocenters. The molecule has 4 heteroatoms. The lowest BCUT2D eigenvalue weighted by atomic mass is 10.2. The van der Waals surface area contributed by atoms with Crippen molar-refractivity contribution in [1.29, 1.82) is 0 Å². The molecule has 2 aromatic carbocycles. The highest BCUT2D eigenvalue weighted by Gasteiger charge is 2.05. The molecule has 0 spiro atoms. The van der Waals surface area contributed by atoms with Gasteiger partial charge in [-0.05, 0) is 41.3 Å². The number of nitrogens with one attached hydrogen (secondary N) is 1. The zero-order valence-corrected chi connectivity index (χ0v) is 14.2. The predicted octanol–water partition coefficient (Wildman–Crippen LogP) is 5.22. The normalized spacial score (nSPS) is 10.4. The molecule has 23 heavy (non-hydrogen) atoms. The number of thioether (sulfide) groups is 1. The molecular weight excluding hydrogens is 322 g/mol. The molecule has 0 bridgehead atoms. The first kappa shape index (κ1) is 15.8. The molecule has 0 radical (unpaired) electrons. The average Bonchev–Trinajstić information content (AvgIpc) is 3.08. The van der Waals surface area contributed by atoms with Crippen LogP contribution in [0.3, 0.4) is 0 Å². The van der Waals surface area contributed by atoms with Gasteiger partial charge in [-0.2, -0.15) is 0 Å². The van der Waals surface area contributed by atoms with Crippen molar-refractivity contribution >= 4 is 34.7 Å². The summed E-state index contributed by atoms with van der Waals surface area (Å²) in [5.41, 5.74) is 2.09. The van der Waals surface area contributed by atoms with E-state index in [0.717, 1.165) is 16.3 Å². The summed E-state index contributed by atoms with van der Waals surface area (Å²) in [4.78, 5) is 14.3. The number of anilines is 1. The minimum atomic E-state index is 0.0267. The van der Waals surface area contributed by atoms with Gasteiger partial charge in [0.25, 0.3) is 0 Å². The summed E-state index contributed by atoms with van der Waals surface area (Å²) < 4.78 is 0. The van der Waals surface area contributed by atoms with E-state index in [1.807, 2.05) is 47.5 Å². The van der Waals surface area contributed by atoms with Crippen LogP contribution in [0.5, 0.6) is 0 Å². The Morgan fingerprint density at radius 1 is 0.957 bits per heavy atom. The van der Waals surface area contributed by atoms with Gasteiger partial charge in [0.2, 0.25) is 5.91 Å². The van der Waals surface area contributed by atoms with Crippen LogP contribution in [0.1, 0.15) is 10.4 Å². The summed E-state index contributed by atoms with van der Waals surface area (Å²) >= 11 is 3.42.